The van der Waals surface area contributed by atoms with E-state index in [0.29, 0.717) is 12.8 Å². The van der Waals surface area contributed by atoms with E-state index in [1.807, 2.05) is 28.9 Å². The molecule has 2 aliphatic heterocycles. The van der Waals surface area contributed by atoms with Crippen LogP contribution in [-0.4, -0.2) is 46.8 Å². The van der Waals surface area contributed by atoms with Crippen molar-refractivity contribution in [3.63, 3.8) is 0 Å². The standard InChI is InChI=1S/C18H20N4O3/c1-2-15-16(25-11-24-15)9-12(1)14-10-19-18-4-3-17(21-22(14)18)20-13-5-7-23-8-6-13/h1-4,10,13,16H,5-9,11H2,(H,20,21). The Hall–Kier alpha value is -2.38. The molecule has 7 heteroatoms. The van der Waals surface area contributed by atoms with E-state index in [9.17, 15) is 0 Å². The second-order valence-electron chi connectivity index (χ2n) is 6.55. The summed E-state index contributed by atoms with van der Waals surface area (Å²) in [6.45, 7) is 1.95. The van der Waals surface area contributed by atoms with Crippen molar-refractivity contribution in [1.29, 1.82) is 0 Å². The number of ether oxygens (including phenoxy) is 3. The van der Waals surface area contributed by atoms with Gasteiger partial charge in [0, 0.05) is 25.7 Å². The van der Waals surface area contributed by atoms with Gasteiger partial charge in [0.2, 0.25) is 0 Å². The number of fused-ring (bicyclic) bond motifs is 2. The Kier molecular flexibility index (Phi) is 3.68. The van der Waals surface area contributed by atoms with Crippen LogP contribution in [0.5, 0.6) is 0 Å². The maximum atomic E-state index is 5.62. The molecular formula is C18H20N4O3. The number of nitrogens with one attached hydrogen (secondary N) is 1. The molecule has 4 heterocycles. The molecule has 2 aromatic rings. The van der Waals surface area contributed by atoms with Gasteiger partial charge in [-0.3, -0.25) is 0 Å². The fraction of sp³-hybridized carbons (Fsp3) is 0.444. The molecule has 25 heavy (non-hydrogen) atoms. The van der Waals surface area contributed by atoms with Gasteiger partial charge < -0.3 is 19.5 Å². The van der Waals surface area contributed by atoms with E-state index < -0.39 is 0 Å². The normalized spacial score (nSPS) is 23.8. The summed E-state index contributed by atoms with van der Waals surface area (Å²) in [5.74, 6) is 1.78. The summed E-state index contributed by atoms with van der Waals surface area (Å²) in [6.07, 6.45) is 8.74. The van der Waals surface area contributed by atoms with Crippen molar-refractivity contribution < 1.29 is 14.2 Å². The maximum Gasteiger partial charge on any atom is 0.189 e. The molecule has 1 unspecified atom stereocenters. The van der Waals surface area contributed by atoms with Crippen LogP contribution in [0.25, 0.3) is 11.2 Å². The van der Waals surface area contributed by atoms with Crippen molar-refractivity contribution in [1.82, 2.24) is 14.6 Å². The Morgan fingerprint density at radius 1 is 1.16 bits per heavy atom. The van der Waals surface area contributed by atoms with Crippen molar-refractivity contribution >= 4 is 17.0 Å². The summed E-state index contributed by atoms with van der Waals surface area (Å²) in [7, 11) is 0. The van der Waals surface area contributed by atoms with E-state index >= 15 is 0 Å². The third kappa shape index (κ3) is 2.79. The minimum absolute atomic E-state index is 0.00842. The van der Waals surface area contributed by atoms with Crippen LogP contribution in [0.15, 0.2) is 36.2 Å². The van der Waals surface area contributed by atoms with E-state index in [4.69, 9.17) is 19.3 Å². The summed E-state index contributed by atoms with van der Waals surface area (Å²) in [5.41, 5.74) is 2.99. The number of hydrogen-bond acceptors (Lipinski definition) is 6. The predicted molar refractivity (Wildman–Crippen MR) is 92.0 cm³/mol. The van der Waals surface area contributed by atoms with Gasteiger partial charge in [0.15, 0.2) is 12.4 Å². The molecule has 2 aromatic heterocycles. The van der Waals surface area contributed by atoms with E-state index in [-0.39, 0.29) is 6.10 Å². The first-order valence-electron chi connectivity index (χ1n) is 8.71. The number of hydrogen-bond donors (Lipinski definition) is 1. The van der Waals surface area contributed by atoms with Crippen molar-refractivity contribution in [2.45, 2.75) is 31.4 Å². The summed E-state index contributed by atoms with van der Waals surface area (Å²) in [4.78, 5) is 4.49. The molecule has 0 amide bonds. The Morgan fingerprint density at radius 2 is 2.08 bits per heavy atom. The summed E-state index contributed by atoms with van der Waals surface area (Å²) < 4.78 is 18.4. The first-order valence-corrected chi connectivity index (χ1v) is 8.71. The number of rotatable bonds is 3. The minimum atomic E-state index is 0.00842. The van der Waals surface area contributed by atoms with Gasteiger partial charge in [0.05, 0.1) is 11.9 Å². The highest BCUT2D eigenvalue weighted by Gasteiger charge is 2.28. The molecule has 0 radical (unpaired) electrons. The number of aromatic nitrogens is 3. The molecule has 1 aliphatic carbocycles. The minimum Gasteiger partial charge on any atom is -0.469 e. The number of imidazole rings is 1. The van der Waals surface area contributed by atoms with Crippen LogP contribution >= 0.6 is 0 Å². The molecule has 2 saturated heterocycles. The van der Waals surface area contributed by atoms with E-state index in [2.05, 4.69) is 16.4 Å². The molecule has 3 aliphatic rings. The highest BCUT2D eigenvalue weighted by Crippen LogP contribution is 2.32. The Morgan fingerprint density at radius 3 is 3.00 bits per heavy atom. The lowest BCUT2D eigenvalue weighted by Crippen LogP contribution is -2.28. The largest absolute Gasteiger partial charge is 0.469 e. The van der Waals surface area contributed by atoms with Gasteiger partial charge in [-0.15, -0.1) is 5.10 Å². The molecule has 5 rings (SSSR count). The van der Waals surface area contributed by atoms with Gasteiger partial charge in [-0.05, 0) is 36.6 Å². The third-order valence-corrected chi connectivity index (χ3v) is 4.93. The fourth-order valence-electron chi connectivity index (χ4n) is 3.53. The van der Waals surface area contributed by atoms with E-state index in [1.54, 1.807) is 0 Å². The van der Waals surface area contributed by atoms with Gasteiger partial charge in [-0.25, -0.2) is 9.50 Å². The van der Waals surface area contributed by atoms with Crippen LogP contribution in [-0.2, 0) is 14.2 Å². The molecule has 2 fully saturated rings. The van der Waals surface area contributed by atoms with E-state index in [0.717, 1.165) is 61.0 Å². The summed E-state index contributed by atoms with van der Waals surface area (Å²) in [6, 6.07) is 4.40. The van der Waals surface area contributed by atoms with Crippen LogP contribution in [0.1, 0.15) is 25.0 Å². The summed E-state index contributed by atoms with van der Waals surface area (Å²) in [5, 5.41) is 8.27. The van der Waals surface area contributed by atoms with Gasteiger partial charge >= 0.3 is 0 Å². The van der Waals surface area contributed by atoms with Crippen LogP contribution in [0.2, 0.25) is 0 Å². The second kappa shape index (κ2) is 6.16. The second-order valence-corrected chi connectivity index (χ2v) is 6.55. The Bertz CT molecular complexity index is 851. The molecule has 1 N–H and O–H groups in total. The zero-order valence-corrected chi connectivity index (χ0v) is 13.9. The first kappa shape index (κ1) is 14.9. The van der Waals surface area contributed by atoms with Crippen molar-refractivity contribution in [3.05, 3.63) is 41.9 Å². The molecular weight excluding hydrogens is 320 g/mol. The number of anilines is 1. The lowest BCUT2D eigenvalue weighted by molar-refractivity contribution is 0.0515. The lowest BCUT2D eigenvalue weighted by atomic mass is 9.99. The van der Waals surface area contributed by atoms with Gasteiger partial charge in [-0.1, -0.05) is 6.08 Å². The predicted octanol–water partition coefficient (Wildman–Crippen LogP) is 2.36. The fourth-order valence-corrected chi connectivity index (χ4v) is 3.53. The molecule has 7 nitrogen and oxygen atoms in total. The maximum absolute atomic E-state index is 5.62. The molecule has 0 saturated carbocycles. The van der Waals surface area contributed by atoms with Crippen LogP contribution in [0, 0.1) is 0 Å². The van der Waals surface area contributed by atoms with Gasteiger partial charge in [0.25, 0.3) is 0 Å². The summed E-state index contributed by atoms with van der Waals surface area (Å²) >= 11 is 0. The highest BCUT2D eigenvalue weighted by atomic mass is 16.7. The molecule has 1 atom stereocenters. The SMILES string of the molecule is C1=C(c2cnc3ccc(NC4CCOCC4)nn23)CC2OCOC2=C1. The van der Waals surface area contributed by atoms with Crippen molar-refractivity contribution in [2.75, 3.05) is 25.3 Å². The van der Waals surface area contributed by atoms with E-state index in [1.165, 1.54) is 0 Å². The Balaban J connectivity index is 1.44. The topological polar surface area (TPSA) is 69.9 Å². The van der Waals surface area contributed by atoms with Gasteiger partial charge in [0.1, 0.15) is 17.7 Å². The van der Waals surface area contributed by atoms with Crippen LogP contribution < -0.4 is 5.32 Å². The molecule has 0 spiro atoms. The zero-order valence-electron chi connectivity index (χ0n) is 13.9. The Labute approximate surface area is 145 Å². The monoisotopic (exact) mass is 340 g/mol. The average Bonchev–Trinajstić information content (AvgIpc) is 3.28. The number of nitrogens with zero attached hydrogens (tertiary/aromatic N) is 3. The first-order chi connectivity index (χ1) is 12.4. The quantitative estimate of drug-likeness (QED) is 0.925. The molecule has 0 bridgehead atoms. The smallest absolute Gasteiger partial charge is 0.189 e. The number of allylic oxidation sites excluding steroid dienone is 2. The van der Waals surface area contributed by atoms with Crippen molar-refractivity contribution in [3.8, 4) is 0 Å². The average molecular weight is 340 g/mol. The van der Waals surface area contributed by atoms with Crippen LogP contribution in [0.4, 0.5) is 5.82 Å². The molecule has 130 valence electrons. The van der Waals surface area contributed by atoms with Crippen LogP contribution in [0.3, 0.4) is 0 Å². The highest BCUT2D eigenvalue weighted by molar-refractivity contribution is 5.69. The zero-order chi connectivity index (χ0) is 16.6. The molecule has 0 aromatic carbocycles. The van der Waals surface area contributed by atoms with Crippen molar-refractivity contribution in [2.24, 2.45) is 0 Å². The van der Waals surface area contributed by atoms with Gasteiger partial charge in [-0.2, -0.15) is 0 Å². The third-order valence-electron chi connectivity index (χ3n) is 4.93. The lowest BCUT2D eigenvalue weighted by Gasteiger charge is -2.23.